The number of nitrogens with zero attached hydrogens (tertiary/aromatic N) is 2. The van der Waals surface area contributed by atoms with E-state index < -0.39 is 41.2 Å². The number of pyridine rings is 1. The Hall–Kier alpha value is -1.62. The molecule has 1 aromatic rings. The van der Waals surface area contributed by atoms with Gasteiger partial charge < -0.3 is 4.74 Å². The first-order chi connectivity index (χ1) is 8.26. The van der Waals surface area contributed by atoms with Crippen LogP contribution in [0, 0.1) is 11.3 Å². The second kappa shape index (κ2) is 5.35. The van der Waals surface area contributed by atoms with Gasteiger partial charge in [-0.25, -0.2) is 13.8 Å². The van der Waals surface area contributed by atoms with Crippen molar-refractivity contribution in [2.24, 2.45) is 0 Å². The van der Waals surface area contributed by atoms with E-state index in [1.807, 2.05) is 0 Å². The summed E-state index contributed by atoms with van der Waals surface area (Å²) in [4.78, 5) is 3.28. The van der Waals surface area contributed by atoms with Crippen molar-refractivity contribution < 1.29 is 26.7 Å². The number of rotatable bonds is 3. The highest BCUT2D eigenvalue weighted by atomic mass is 35.5. The smallest absolute Gasteiger partial charge is 0.404 e. The summed E-state index contributed by atoms with van der Waals surface area (Å²) in [5.41, 5.74) is -1.55. The molecule has 18 heavy (non-hydrogen) atoms. The molecule has 1 heterocycles. The molecule has 0 amide bonds. The lowest BCUT2D eigenvalue weighted by atomic mass is 10.1. The van der Waals surface area contributed by atoms with Crippen LogP contribution in [0.2, 0.25) is 5.15 Å². The molecule has 0 N–H and O–H groups in total. The minimum absolute atomic E-state index is 0.443. The molecule has 0 spiro atoms. The van der Waals surface area contributed by atoms with E-state index in [9.17, 15) is 22.0 Å². The van der Waals surface area contributed by atoms with Gasteiger partial charge in [0, 0.05) is 5.56 Å². The van der Waals surface area contributed by atoms with E-state index in [0.717, 1.165) is 0 Å². The van der Waals surface area contributed by atoms with Gasteiger partial charge in [0.05, 0.1) is 24.3 Å². The van der Waals surface area contributed by atoms with Gasteiger partial charge in [-0.3, -0.25) is 0 Å². The lowest BCUT2D eigenvalue weighted by molar-refractivity contribution is -0.275. The van der Waals surface area contributed by atoms with Crippen molar-refractivity contribution in [2.75, 3.05) is 0 Å². The van der Waals surface area contributed by atoms with Crippen molar-refractivity contribution in [3.05, 3.63) is 22.5 Å². The maximum absolute atomic E-state index is 12.7. The first-order valence-corrected chi connectivity index (χ1v) is 4.72. The van der Waals surface area contributed by atoms with Crippen LogP contribution in [-0.4, -0.2) is 11.3 Å². The van der Waals surface area contributed by atoms with Gasteiger partial charge in [-0.15, -0.1) is 13.2 Å². The van der Waals surface area contributed by atoms with Gasteiger partial charge in [-0.05, 0) is 0 Å². The fourth-order valence-electron chi connectivity index (χ4n) is 1.22. The predicted octanol–water partition coefficient (Wildman–Crippen LogP) is 3.64. The van der Waals surface area contributed by atoms with Crippen LogP contribution in [-0.2, 0) is 6.42 Å². The highest BCUT2D eigenvalue weighted by Crippen LogP contribution is 2.37. The van der Waals surface area contributed by atoms with E-state index >= 15 is 0 Å². The van der Waals surface area contributed by atoms with E-state index in [1.54, 1.807) is 0 Å². The van der Waals surface area contributed by atoms with Crippen LogP contribution in [0.3, 0.4) is 0 Å². The van der Waals surface area contributed by atoms with Gasteiger partial charge in [0.1, 0.15) is 5.15 Å². The second-order valence-electron chi connectivity index (χ2n) is 2.99. The number of hydrogen-bond acceptors (Lipinski definition) is 3. The fourth-order valence-corrected chi connectivity index (χ4v) is 1.43. The number of aromatic nitrogens is 1. The van der Waals surface area contributed by atoms with E-state index in [-0.39, 0.29) is 0 Å². The Morgan fingerprint density at radius 3 is 2.50 bits per heavy atom. The molecule has 0 saturated carbocycles. The summed E-state index contributed by atoms with van der Waals surface area (Å²) in [5, 5.41) is 7.97. The molecule has 0 radical (unpaired) electrons. The van der Waals surface area contributed by atoms with Gasteiger partial charge >= 0.3 is 6.36 Å². The van der Waals surface area contributed by atoms with Crippen LogP contribution in [0.5, 0.6) is 5.75 Å². The molecular formula is C9H4ClF5N2O. The average molecular weight is 287 g/mol. The highest BCUT2D eigenvalue weighted by Gasteiger charge is 2.34. The van der Waals surface area contributed by atoms with E-state index in [2.05, 4.69) is 9.72 Å². The summed E-state index contributed by atoms with van der Waals surface area (Å²) in [6.45, 7) is 0. The van der Waals surface area contributed by atoms with Crippen LogP contribution in [0.25, 0.3) is 0 Å². The molecule has 9 heteroatoms. The molecule has 0 aliphatic heterocycles. The number of nitriles is 1. The Kier molecular flexibility index (Phi) is 4.29. The maximum Gasteiger partial charge on any atom is 0.573 e. The monoisotopic (exact) mass is 286 g/mol. The summed E-state index contributed by atoms with van der Waals surface area (Å²) in [7, 11) is 0. The summed E-state index contributed by atoms with van der Waals surface area (Å²) < 4.78 is 64.9. The molecular weight excluding hydrogens is 283 g/mol. The van der Waals surface area contributed by atoms with Crippen molar-refractivity contribution in [1.82, 2.24) is 4.98 Å². The van der Waals surface area contributed by atoms with E-state index in [1.165, 1.54) is 6.07 Å². The van der Waals surface area contributed by atoms with Crippen LogP contribution in [0.15, 0.2) is 6.20 Å². The summed E-state index contributed by atoms with van der Waals surface area (Å²) in [6, 6.07) is 1.52. The second-order valence-corrected chi connectivity index (χ2v) is 3.35. The molecule has 1 rings (SSSR count). The molecule has 0 fully saturated rings. The van der Waals surface area contributed by atoms with Crippen molar-refractivity contribution in [3.63, 3.8) is 0 Å². The number of hydrogen-bond donors (Lipinski definition) is 0. The van der Waals surface area contributed by atoms with E-state index in [4.69, 9.17) is 16.9 Å². The van der Waals surface area contributed by atoms with Crippen molar-refractivity contribution >= 4 is 11.6 Å². The minimum atomic E-state index is -5.14. The van der Waals surface area contributed by atoms with Crippen molar-refractivity contribution in [3.8, 4) is 11.8 Å². The van der Waals surface area contributed by atoms with Crippen LogP contribution < -0.4 is 4.74 Å². The minimum Gasteiger partial charge on any atom is -0.404 e. The Balaban J connectivity index is 3.35. The largest absolute Gasteiger partial charge is 0.573 e. The first kappa shape index (κ1) is 14.4. The lowest BCUT2D eigenvalue weighted by Gasteiger charge is -2.15. The fraction of sp³-hybridized carbons (Fsp3) is 0.333. The zero-order chi connectivity index (χ0) is 13.9. The molecule has 0 aliphatic carbocycles. The topological polar surface area (TPSA) is 45.9 Å². The molecule has 0 atom stereocenters. The highest BCUT2D eigenvalue weighted by molar-refractivity contribution is 6.30. The zero-order valence-corrected chi connectivity index (χ0v) is 9.19. The summed E-state index contributed by atoms with van der Waals surface area (Å²) >= 11 is 5.46. The van der Waals surface area contributed by atoms with Crippen molar-refractivity contribution in [1.29, 1.82) is 5.26 Å². The van der Waals surface area contributed by atoms with Gasteiger partial charge in [0.15, 0.2) is 5.75 Å². The SMILES string of the molecule is N#CCc1c(Cl)ncc(OC(F)(F)F)c1C(F)F. The summed E-state index contributed by atoms with van der Waals surface area (Å²) in [5.74, 6) is -1.16. The van der Waals surface area contributed by atoms with Crippen LogP contribution >= 0.6 is 11.6 Å². The third kappa shape index (κ3) is 3.43. The number of halogens is 6. The van der Waals surface area contributed by atoms with Gasteiger partial charge in [-0.2, -0.15) is 5.26 Å². The molecule has 3 nitrogen and oxygen atoms in total. The molecule has 98 valence electrons. The zero-order valence-electron chi connectivity index (χ0n) is 8.43. The molecule has 0 unspecified atom stereocenters. The molecule has 0 aliphatic rings. The molecule has 0 aromatic carbocycles. The van der Waals surface area contributed by atoms with Crippen LogP contribution in [0.1, 0.15) is 17.6 Å². The first-order valence-electron chi connectivity index (χ1n) is 4.34. The average Bonchev–Trinajstić information content (AvgIpc) is 2.20. The standard InChI is InChI=1S/C9H4ClF5N2O/c10-7-4(1-2-16)6(8(11)12)5(3-17-7)18-9(13,14)15/h3,8H,1H2. The van der Waals surface area contributed by atoms with Gasteiger partial charge in [0.2, 0.25) is 0 Å². The lowest BCUT2D eigenvalue weighted by Crippen LogP contribution is -2.19. The third-order valence-electron chi connectivity index (χ3n) is 1.83. The number of alkyl halides is 5. The quantitative estimate of drug-likeness (QED) is 0.629. The predicted molar refractivity (Wildman–Crippen MR) is 50.2 cm³/mol. The molecule has 0 saturated heterocycles. The van der Waals surface area contributed by atoms with E-state index in [0.29, 0.717) is 6.20 Å². The Bertz CT molecular complexity index is 483. The van der Waals surface area contributed by atoms with Crippen LogP contribution in [0.4, 0.5) is 22.0 Å². The van der Waals surface area contributed by atoms with Gasteiger partial charge in [-0.1, -0.05) is 11.6 Å². The third-order valence-corrected chi connectivity index (χ3v) is 2.16. The normalized spacial score (nSPS) is 11.4. The molecule has 0 bridgehead atoms. The van der Waals surface area contributed by atoms with Gasteiger partial charge in [0.25, 0.3) is 6.43 Å². The Morgan fingerprint density at radius 2 is 2.06 bits per heavy atom. The summed E-state index contributed by atoms with van der Waals surface area (Å²) in [6.07, 6.45) is -8.56. The maximum atomic E-state index is 12.7. The number of ether oxygens (including phenoxy) is 1. The van der Waals surface area contributed by atoms with Crippen molar-refractivity contribution in [2.45, 2.75) is 19.2 Å². The Morgan fingerprint density at radius 1 is 1.44 bits per heavy atom. The Labute approximate surface area is 103 Å². The molecule has 1 aromatic heterocycles.